The Bertz CT molecular complexity index is 945. The zero-order valence-corrected chi connectivity index (χ0v) is 14.3. The van der Waals surface area contributed by atoms with Gasteiger partial charge in [-0.15, -0.1) is 0 Å². The topological polar surface area (TPSA) is 87.1 Å². The van der Waals surface area contributed by atoms with E-state index >= 15 is 0 Å². The SMILES string of the molecule is O=c1c(-c2nnn[n-]2)cnc2sc3ccccc3n12.[K+]. The van der Waals surface area contributed by atoms with Crippen LogP contribution >= 0.6 is 11.3 Å². The molecule has 0 saturated heterocycles. The quantitative estimate of drug-likeness (QED) is 0.368. The van der Waals surface area contributed by atoms with Gasteiger partial charge in [-0.25, -0.2) is 4.98 Å². The van der Waals surface area contributed by atoms with Crippen LogP contribution in [-0.4, -0.2) is 24.9 Å². The van der Waals surface area contributed by atoms with Crippen LogP contribution in [0, 0.1) is 0 Å². The van der Waals surface area contributed by atoms with Gasteiger partial charge in [0, 0.05) is 12.0 Å². The number of nitrogens with zero attached hydrogens (tertiary/aromatic N) is 6. The molecule has 3 heterocycles. The molecule has 9 heteroatoms. The standard InChI is InChI=1S/C11H5N6OS.K/c18-10-6(9-13-15-16-14-9)5-12-11-17(10)7-3-1-2-4-8(7)19-11;/h1-5H;/q-1;+1. The molecule has 1 aromatic carbocycles. The predicted octanol–water partition coefficient (Wildman–Crippen LogP) is -2.28. The average Bonchev–Trinajstić information content (AvgIpc) is 3.05. The largest absolute Gasteiger partial charge is 1.00 e. The number of hydrogen-bond donors (Lipinski definition) is 0. The molecule has 0 aliphatic rings. The first-order chi connectivity index (χ1) is 9.34. The fraction of sp³-hybridized carbons (Fsp3) is 0. The van der Waals surface area contributed by atoms with Crippen molar-refractivity contribution in [2.45, 2.75) is 0 Å². The van der Waals surface area contributed by atoms with Gasteiger partial charge in [0.15, 0.2) is 4.96 Å². The van der Waals surface area contributed by atoms with Crippen molar-refractivity contribution in [3.8, 4) is 11.4 Å². The summed E-state index contributed by atoms with van der Waals surface area (Å²) in [5, 5.41) is 14.2. The molecule has 0 fully saturated rings. The van der Waals surface area contributed by atoms with Crippen LogP contribution in [0.2, 0.25) is 0 Å². The minimum Gasteiger partial charge on any atom is -0.330 e. The first kappa shape index (κ1) is 14.0. The number of benzene rings is 1. The van der Waals surface area contributed by atoms with E-state index in [1.807, 2.05) is 24.3 Å². The molecule has 0 saturated carbocycles. The van der Waals surface area contributed by atoms with Crippen molar-refractivity contribution in [3.05, 3.63) is 40.8 Å². The summed E-state index contributed by atoms with van der Waals surface area (Å²) in [6.45, 7) is 0. The summed E-state index contributed by atoms with van der Waals surface area (Å²) < 4.78 is 2.56. The van der Waals surface area contributed by atoms with Crippen molar-refractivity contribution < 1.29 is 51.4 Å². The van der Waals surface area contributed by atoms with Gasteiger partial charge >= 0.3 is 51.4 Å². The van der Waals surface area contributed by atoms with Gasteiger partial charge in [-0.3, -0.25) is 19.5 Å². The number of aromatic nitrogens is 6. The summed E-state index contributed by atoms with van der Waals surface area (Å²) in [5.74, 6) is 0.196. The second kappa shape index (κ2) is 5.43. The van der Waals surface area contributed by atoms with E-state index in [0.717, 1.165) is 10.2 Å². The van der Waals surface area contributed by atoms with Crippen LogP contribution in [-0.2, 0) is 0 Å². The molecule has 3 aromatic heterocycles. The number of tetrazole rings is 1. The Balaban J connectivity index is 0.00000121. The number of thiazole rings is 1. The molecule has 0 aliphatic heterocycles. The second-order valence-electron chi connectivity index (χ2n) is 3.87. The van der Waals surface area contributed by atoms with Crippen LogP contribution < -0.4 is 62.0 Å². The van der Waals surface area contributed by atoms with Crippen LogP contribution in [0.5, 0.6) is 0 Å². The summed E-state index contributed by atoms with van der Waals surface area (Å²) in [6.07, 6.45) is 1.46. The van der Waals surface area contributed by atoms with Gasteiger partial charge in [-0.1, -0.05) is 23.5 Å². The van der Waals surface area contributed by atoms with Crippen molar-refractivity contribution in [2.24, 2.45) is 0 Å². The Morgan fingerprint density at radius 3 is 2.90 bits per heavy atom. The van der Waals surface area contributed by atoms with Crippen LogP contribution in [0.4, 0.5) is 0 Å². The molecular formula is C11H5KN6OS. The molecule has 0 amide bonds. The van der Waals surface area contributed by atoms with E-state index in [9.17, 15) is 4.79 Å². The monoisotopic (exact) mass is 308 g/mol. The zero-order chi connectivity index (χ0) is 12.8. The number of hydrogen-bond acceptors (Lipinski definition) is 6. The Morgan fingerprint density at radius 2 is 2.10 bits per heavy atom. The summed E-state index contributed by atoms with van der Waals surface area (Å²) in [4.78, 5) is 17.4. The molecule has 0 N–H and O–H groups in total. The van der Waals surface area contributed by atoms with Gasteiger partial charge in [0.1, 0.15) is 0 Å². The third-order valence-electron chi connectivity index (χ3n) is 2.80. The van der Waals surface area contributed by atoms with Gasteiger partial charge in [-0.05, 0) is 12.1 Å². The van der Waals surface area contributed by atoms with E-state index < -0.39 is 0 Å². The normalized spacial score (nSPS) is 10.8. The van der Waals surface area contributed by atoms with Gasteiger partial charge in [0.25, 0.3) is 5.56 Å². The molecule has 0 aliphatic carbocycles. The predicted molar refractivity (Wildman–Crippen MR) is 69.0 cm³/mol. The third kappa shape index (κ3) is 2.06. The molecule has 4 aromatic rings. The van der Waals surface area contributed by atoms with Gasteiger partial charge in [0.05, 0.1) is 15.8 Å². The smallest absolute Gasteiger partial charge is 0.330 e. The Kier molecular flexibility index (Phi) is 3.80. The van der Waals surface area contributed by atoms with E-state index in [1.54, 1.807) is 4.40 Å². The fourth-order valence-electron chi connectivity index (χ4n) is 1.96. The molecule has 0 bridgehead atoms. The Labute approximate surface area is 158 Å². The molecule has 0 atom stereocenters. The van der Waals surface area contributed by atoms with E-state index in [2.05, 4.69) is 25.6 Å². The minimum atomic E-state index is -0.211. The molecule has 7 nitrogen and oxygen atoms in total. The van der Waals surface area contributed by atoms with Gasteiger partial charge < -0.3 is 5.10 Å². The first-order valence-corrected chi connectivity index (χ1v) is 6.24. The van der Waals surface area contributed by atoms with Gasteiger partial charge in [-0.2, -0.15) is 5.21 Å². The second-order valence-corrected chi connectivity index (χ2v) is 4.88. The van der Waals surface area contributed by atoms with Crippen LogP contribution in [0.25, 0.3) is 26.6 Å². The Hall–Kier alpha value is -0.974. The van der Waals surface area contributed by atoms with Crippen molar-refractivity contribution in [2.75, 3.05) is 0 Å². The Morgan fingerprint density at radius 1 is 1.25 bits per heavy atom. The van der Waals surface area contributed by atoms with Crippen molar-refractivity contribution in [3.63, 3.8) is 0 Å². The maximum Gasteiger partial charge on any atom is 1.00 e. The maximum atomic E-state index is 12.5. The summed E-state index contributed by atoms with van der Waals surface area (Å²) in [5.41, 5.74) is 0.914. The van der Waals surface area contributed by atoms with Crippen LogP contribution in [0.3, 0.4) is 0 Å². The van der Waals surface area contributed by atoms with E-state index in [-0.39, 0.29) is 62.8 Å². The molecule has 0 radical (unpaired) electrons. The van der Waals surface area contributed by atoms with Crippen LogP contribution in [0.1, 0.15) is 0 Å². The molecular weight excluding hydrogens is 303 g/mol. The number of para-hydroxylation sites is 1. The fourth-order valence-corrected chi connectivity index (χ4v) is 2.94. The summed E-state index contributed by atoms with van der Waals surface area (Å²) in [6, 6.07) is 7.65. The van der Waals surface area contributed by atoms with E-state index in [1.165, 1.54) is 17.5 Å². The molecule has 20 heavy (non-hydrogen) atoms. The van der Waals surface area contributed by atoms with Gasteiger partial charge in [0.2, 0.25) is 0 Å². The summed E-state index contributed by atoms with van der Waals surface area (Å²) in [7, 11) is 0. The molecule has 0 unspecified atom stereocenters. The zero-order valence-electron chi connectivity index (χ0n) is 10.4. The maximum absolute atomic E-state index is 12.5. The van der Waals surface area contributed by atoms with E-state index in [0.29, 0.717) is 10.5 Å². The van der Waals surface area contributed by atoms with E-state index in [4.69, 9.17) is 0 Å². The van der Waals surface area contributed by atoms with Crippen molar-refractivity contribution in [1.82, 2.24) is 30.0 Å². The number of rotatable bonds is 1. The number of fused-ring (bicyclic) bond motifs is 3. The summed E-state index contributed by atoms with van der Waals surface area (Å²) >= 11 is 1.46. The molecule has 4 rings (SSSR count). The van der Waals surface area contributed by atoms with Crippen LogP contribution in [0.15, 0.2) is 35.3 Å². The third-order valence-corrected chi connectivity index (χ3v) is 3.83. The molecule has 92 valence electrons. The van der Waals surface area contributed by atoms with Crippen molar-refractivity contribution in [1.29, 1.82) is 0 Å². The molecule has 0 spiro atoms. The first-order valence-electron chi connectivity index (χ1n) is 5.43. The van der Waals surface area contributed by atoms with Crippen molar-refractivity contribution >= 4 is 26.5 Å². The minimum absolute atomic E-state index is 0. The average molecular weight is 308 g/mol.